The molecule has 0 saturated carbocycles. The van der Waals surface area contributed by atoms with Crippen molar-refractivity contribution in [2.24, 2.45) is 0 Å². The Bertz CT molecular complexity index is 1220. The first-order valence-corrected chi connectivity index (χ1v) is 10.7. The van der Waals surface area contributed by atoms with Crippen molar-refractivity contribution >= 4 is 29.4 Å². The Hall–Kier alpha value is -4.19. The Morgan fingerprint density at radius 2 is 1.85 bits per heavy atom. The van der Waals surface area contributed by atoms with Crippen LogP contribution in [0, 0.1) is 0 Å². The number of nitrogens with one attached hydrogen (secondary N) is 2. The van der Waals surface area contributed by atoms with Crippen molar-refractivity contribution in [1.29, 1.82) is 0 Å². The van der Waals surface area contributed by atoms with Crippen LogP contribution in [0.15, 0.2) is 70.4 Å². The van der Waals surface area contributed by atoms with Gasteiger partial charge in [-0.3, -0.25) is 10.1 Å². The first-order valence-electron chi connectivity index (χ1n) is 9.74. The van der Waals surface area contributed by atoms with Gasteiger partial charge >= 0.3 is 6.03 Å². The Morgan fingerprint density at radius 1 is 1.06 bits per heavy atom. The molecule has 0 saturated heterocycles. The summed E-state index contributed by atoms with van der Waals surface area (Å²) in [5.41, 5.74) is 1.98. The molecule has 3 amide bonds. The molecule has 0 unspecified atom stereocenters. The predicted molar refractivity (Wildman–Crippen MR) is 119 cm³/mol. The van der Waals surface area contributed by atoms with E-state index in [1.54, 1.807) is 37.6 Å². The first-order chi connectivity index (χ1) is 16.1. The number of rotatable bonds is 8. The molecule has 2 heterocycles. The van der Waals surface area contributed by atoms with Gasteiger partial charge in [0.15, 0.2) is 0 Å². The summed E-state index contributed by atoms with van der Waals surface area (Å²) in [5.74, 6) is 0.990. The van der Waals surface area contributed by atoms with E-state index < -0.39 is 11.9 Å². The van der Waals surface area contributed by atoms with Crippen LogP contribution in [0.5, 0.6) is 5.75 Å². The average Bonchev–Trinajstić information content (AvgIpc) is 3.48. The van der Waals surface area contributed by atoms with E-state index in [4.69, 9.17) is 9.15 Å². The molecule has 0 aliphatic heterocycles. The van der Waals surface area contributed by atoms with Gasteiger partial charge in [-0.2, -0.15) is 0 Å². The summed E-state index contributed by atoms with van der Waals surface area (Å²) in [6.45, 7) is -0.160. The summed E-state index contributed by atoms with van der Waals surface area (Å²) in [4.78, 5) is 24.1. The number of hydrogen-bond donors (Lipinski definition) is 2. The second-order valence-corrected chi connectivity index (χ2v) is 7.59. The van der Waals surface area contributed by atoms with E-state index in [9.17, 15) is 9.59 Å². The number of hydrogen-bond acceptors (Lipinski definition) is 9. The number of urea groups is 1. The van der Waals surface area contributed by atoms with E-state index in [-0.39, 0.29) is 6.54 Å². The SMILES string of the molecule is COc1ccc(NC(=O)NC(=O)Cn2cc(CSc3nnc(-c4ccccc4)o3)nn2)cc1. The second kappa shape index (κ2) is 10.4. The number of nitrogens with zero attached hydrogens (tertiary/aromatic N) is 5. The molecule has 33 heavy (non-hydrogen) atoms. The third-order valence-corrected chi connectivity index (χ3v) is 5.12. The smallest absolute Gasteiger partial charge is 0.325 e. The van der Waals surface area contributed by atoms with Crippen molar-refractivity contribution in [2.45, 2.75) is 17.5 Å². The molecule has 2 aromatic heterocycles. The quantitative estimate of drug-likeness (QED) is 0.376. The lowest BCUT2D eigenvalue weighted by Gasteiger charge is -2.07. The zero-order chi connectivity index (χ0) is 23.0. The lowest BCUT2D eigenvalue weighted by atomic mass is 10.2. The molecule has 0 atom stereocenters. The van der Waals surface area contributed by atoms with Gasteiger partial charge in [-0.25, -0.2) is 9.48 Å². The van der Waals surface area contributed by atoms with Crippen LogP contribution in [-0.2, 0) is 17.1 Å². The highest BCUT2D eigenvalue weighted by molar-refractivity contribution is 7.98. The number of anilines is 1. The Kier molecular flexibility index (Phi) is 6.95. The average molecular weight is 465 g/mol. The second-order valence-electron chi connectivity index (χ2n) is 6.67. The topological polar surface area (TPSA) is 137 Å². The summed E-state index contributed by atoms with van der Waals surface area (Å²) in [6.07, 6.45) is 1.61. The molecule has 0 fully saturated rings. The highest BCUT2D eigenvalue weighted by atomic mass is 32.2. The molecule has 0 spiro atoms. The number of benzene rings is 2. The van der Waals surface area contributed by atoms with Crippen LogP contribution in [0.1, 0.15) is 5.69 Å². The summed E-state index contributed by atoms with van der Waals surface area (Å²) in [7, 11) is 1.55. The normalized spacial score (nSPS) is 10.6. The monoisotopic (exact) mass is 465 g/mol. The van der Waals surface area contributed by atoms with Crippen LogP contribution < -0.4 is 15.4 Å². The molecule has 4 aromatic rings. The van der Waals surface area contributed by atoms with Crippen molar-refractivity contribution < 1.29 is 18.7 Å². The van der Waals surface area contributed by atoms with Gasteiger partial charge in [-0.15, -0.1) is 15.3 Å². The van der Waals surface area contributed by atoms with Crippen LogP contribution in [-0.4, -0.2) is 44.2 Å². The molecule has 0 aliphatic carbocycles. The van der Waals surface area contributed by atoms with Gasteiger partial charge in [0.25, 0.3) is 5.22 Å². The molecular weight excluding hydrogens is 446 g/mol. The molecule has 0 radical (unpaired) electrons. The van der Waals surface area contributed by atoms with E-state index in [1.807, 2.05) is 30.3 Å². The minimum atomic E-state index is -0.647. The molecule has 0 bridgehead atoms. The predicted octanol–water partition coefficient (Wildman–Crippen LogP) is 2.98. The zero-order valence-electron chi connectivity index (χ0n) is 17.5. The van der Waals surface area contributed by atoms with Crippen molar-refractivity contribution in [1.82, 2.24) is 30.5 Å². The molecule has 12 heteroatoms. The van der Waals surface area contributed by atoms with Crippen molar-refractivity contribution in [3.63, 3.8) is 0 Å². The zero-order valence-corrected chi connectivity index (χ0v) is 18.3. The van der Waals surface area contributed by atoms with E-state index >= 15 is 0 Å². The number of aromatic nitrogens is 5. The van der Waals surface area contributed by atoms with Gasteiger partial charge in [-0.1, -0.05) is 35.2 Å². The highest BCUT2D eigenvalue weighted by Crippen LogP contribution is 2.24. The first kappa shape index (κ1) is 22.0. The largest absolute Gasteiger partial charge is 0.497 e. The maximum atomic E-state index is 12.1. The van der Waals surface area contributed by atoms with Crippen LogP contribution in [0.3, 0.4) is 0 Å². The highest BCUT2D eigenvalue weighted by Gasteiger charge is 2.13. The molecule has 168 valence electrons. The van der Waals surface area contributed by atoms with E-state index in [2.05, 4.69) is 31.1 Å². The molecule has 2 aromatic carbocycles. The number of carbonyl (C=O) groups is 2. The molecule has 2 N–H and O–H groups in total. The standard InChI is InChI=1S/C21H19N7O4S/c1-31-17-9-7-15(8-10-17)22-20(30)23-18(29)12-28-11-16(24-27-28)13-33-21-26-25-19(32-21)14-5-3-2-4-6-14/h2-11H,12-13H2,1H3,(H2,22,23,29,30). The van der Waals surface area contributed by atoms with Gasteiger partial charge in [0.1, 0.15) is 12.3 Å². The summed E-state index contributed by atoms with van der Waals surface area (Å²) in [6, 6.07) is 15.5. The number of thioether (sulfide) groups is 1. The van der Waals surface area contributed by atoms with E-state index in [0.717, 1.165) is 5.56 Å². The Labute approximate surface area is 192 Å². The van der Waals surface area contributed by atoms with Crippen LogP contribution in [0.25, 0.3) is 11.5 Å². The summed E-state index contributed by atoms with van der Waals surface area (Å²) in [5, 5.41) is 21.2. The maximum absolute atomic E-state index is 12.1. The van der Waals surface area contributed by atoms with Gasteiger partial charge < -0.3 is 14.5 Å². The fraction of sp³-hybridized carbons (Fsp3) is 0.143. The van der Waals surface area contributed by atoms with Gasteiger partial charge in [0.2, 0.25) is 11.8 Å². The number of imide groups is 1. The summed E-state index contributed by atoms with van der Waals surface area (Å²) >= 11 is 1.31. The fourth-order valence-electron chi connectivity index (χ4n) is 2.73. The molecular formula is C21H19N7O4S. The Morgan fingerprint density at radius 3 is 2.61 bits per heavy atom. The fourth-order valence-corrected chi connectivity index (χ4v) is 3.37. The summed E-state index contributed by atoms with van der Waals surface area (Å²) < 4.78 is 12.0. The van der Waals surface area contributed by atoms with Crippen LogP contribution in [0.2, 0.25) is 0 Å². The van der Waals surface area contributed by atoms with Crippen molar-refractivity contribution in [3.05, 3.63) is 66.5 Å². The lowest BCUT2D eigenvalue weighted by molar-refractivity contribution is -0.120. The van der Waals surface area contributed by atoms with Gasteiger partial charge in [0.05, 0.1) is 12.8 Å². The molecule has 11 nitrogen and oxygen atoms in total. The number of carbonyl (C=O) groups excluding carboxylic acids is 2. The molecule has 4 rings (SSSR count). The third kappa shape index (κ3) is 6.17. The van der Waals surface area contributed by atoms with Crippen molar-refractivity contribution in [2.75, 3.05) is 12.4 Å². The minimum Gasteiger partial charge on any atom is -0.497 e. The lowest BCUT2D eigenvalue weighted by Crippen LogP contribution is -2.36. The number of methoxy groups -OCH3 is 1. The third-order valence-electron chi connectivity index (χ3n) is 4.26. The van der Waals surface area contributed by atoms with E-state index in [1.165, 1.54) is 16.4 Å². The Balaban J connectivity index is 1.24. The van der Waals surface area contributed by atoms with Crippen molar-refractivity contribution in [3.8, 4) is 17.2 Å². The van der Waals surface area contributed by atoms with Gasteiger partial charge in [-0.05, 0) is 36.4 Å². The molecule has 0 aliphatic rings. The van der Waals surface area contributed by atoms with E-state index in [0.29, 0.717) is 34.0 Å². The van der Waals surface area contributed by atoms with Gasteiger partial charge in [0, 0.05) is 23.2 Å². The minimum absolute atomic E-state index is 0.160. The maximum Gasteiger partial charge on any atom is 0.325 e. The van der Waals surface area contributed by atoms with Crippen LogP contribution >= 0.6 is 11.8 Å². The number of amides is 3. The number of ether oxygens (including phenoxy) is 1. The van der Waals surface area contributed by atoms with Crippen LogP contribution in [0.4, 0.5) is 10.5 Å².